The monoisotopic (exact) mass is 233 g/mol. The Bertz CT molecular complexity index is 375. The first-order valence-electron chi connectivity index (χ1n) is 6.48. The second kappa shape index (κ2) is 5.19. The van der Waals surface area contributed by atoms with Crippen LogP contribution in [0.25, 0.3) is 0 Å². The molecule has 0 atom stereocenters. The Morgan fingerprint density at radius 1 is 1.24 bits per heavy atom. The highest BCUT2D eigenvalue weighted by Gasteiger charge is 2.34. The van der Waals surface area contributed by atoms with Crippen LogP contribution in [0, 0.1) is 13.8 Å². The van der Waals surface area contributed by atoms with Crippen LogP contribution in [0.15, 0.2) is 18.2 Å². The number of ether oxygens (including phenoxy) is 1. The fraction of sp³-hybridized carbons (Fsp3) is 0.600. The molecule has 1 aliphatic heterocycles. The standard InChI is InChI=1S/C15H23NO/c1-12-4-5-13(2)14(10-12)15(11-16-3)6-8-17-9-7-15/h4-5,10,16H,6-9,11H2,1-3H3. The van der Waals surface area contributed by atoms with Gasteiger partial charge in [0, 0.05) is 25.2 Å². The molecule has 0 bridgehead atoms. The predicted octanol–water partition coefficient (Wildman–Crippen LogP) is 2.57. The largest absolute Gasteiger partial charge is 0.381 e. The van der Waals surface area contributed by atoms with Crippen molar-refractivity contribution in [1.29, 1.82) is 0 Å². The number of aryl methyl sites for hydroxylation is 2. The minimum Gasteiger partial charge on any atom is -0.381 e. The van der Waals surface area contributed by atoms with E-state index in [-0.39, 0.29) is 5.41 Å². The lowest BCUT2D eigenvalue weighted by Gasteiger charge is -2.39. The molecule has 1 aliphatic rings. The maximum Gasteiger partial charge on any atom is 0.0475 e. The summed E-state index contributed by atoms with van der Waals surface area (Å²) in [5, 5.41) is 3.37. The van der Waals surface area contributed by atoms with Crippen LogP contribution in [0.3, 0.4) is 0 Å². The maximum absolute atomic E-state index is 5.53. The van der Waals surface area contributed by atoms with Crippen molar-refractivity contribution < 1.29 is 4.74 Å². The van der Waals surface area contributed by atoms with Gasteiger partial charge in [-0.1, -0.05) is 23.8 Å². The Morgan fingerprint density at radius 3 is 2.59 bits per heavy atom. The van der Waals surface area contributed by atoms with Gasteiger partial charge in [-0.15, -0.1) is 0 Å². The predicted molar refractivity (Wildman–Crippen MR) is 71.6 cm³/mol. The van der Waals surface area contributed by atoms with E-state index in [2.05, 4.69) is 37.4 Å². The summed E-state index contributed by atoms with van der Waals surface area (Å²) in [6.45, 7) is 7.21. The Morgan fingerprint density at radius 2 is 1.94 bits per heavy atom. The molecule has 1 fully saturated rings. The summed E-state index contributed by atoms with van der Waals surface area (Å²) in [4.78, 5) is 0. The number of rotatable bonds is 3. The lowest BCUT2D eigenvalue weighted by Crippen LogP contribution is -2.42. The molecule has 0 spiro atoms. The van der Waals surface area contributed by atoms with Crippen LogP contribution in [0.1, 0.15) is 29.5 Å². The SMILES string of the molecule is CNCC1(c2cc(C)ccc2C)CCOCC1. The second-order valence-electron chi connectivity index (χ2n) is 5.24. The average Bonchev–Trinajstić information content (AvgIpc) is 2.34. The van der Waals surface area contributed by atoms with Crippen molar-refractivity contribution in [2.75, 3.05) is 26.8 Å². The van der Waals surface area contributed by atoms with Gasteiger partial charge in [0.2, 0.25) is 0 Å². The van der Waals surface area contributed by atoms with Gasteiger partial charge in [0.1, 0.15) is 0 Å². The number of benzene rings is 1. The van der Waals surface area contributed by atoms with Gasteiger partial charge in [0.25, 0.3) is 0 Å². The van der Waals surface area contributed by atoms with Crippen LogP contribution in [0.5, 0.6) is 0 Å². The van der Waals surface area contributed by atoms with Gasteiger partial charge in [-0.2, -0.15) is 0 Å². The zero-order chi connectivity index (χ0) is 12.3. The molecule has 2 rings (SSSR count). The molecule has 1 heterocycles. The van der Waals surface area contributed by atoms with E-state index in [0.29, 0.717) is 0 Å². The fourth-order valence-electron chi connectivity index (χ4n) is 2.95. The van der Waals surface area contributed by atoms with Gasteiger partial charge in [0.15, 0.2) is 0 Å². The Labute approximate surface area is 104 Å². The molecule has 1 saturated heterocycles. The summed E-state index contributed by atoms with van der Waals surface area (Å²) >= 11 is 0. The maximum atomic E-state index is 5.53. The van der Waals surface area contributed by atoms with Crippen LogP contribution in [-0.2, 0) is 10.2 Å². The lowest BCUT2D eigenvalue weighted by molar-refractivity contribution is 0.0503. The minimum absolute atomic E-state index is 0.267. The third kappa shape index (κ3) is 2.53. The highest BCUT2D eigenvalue weighted by atomic mass is 16.5. The highest BCUT2D eigenvalue weighted by molar-refractivity contribution is 5.37. The van der Waals surface area contributed by atoms with Gasteiger partial charge in [-0.25, -0.2) is 0 Å². The first kappa shape index (κ1) is 12.6. The number of hydrogen-bond donors (Lipinski definition) is 1. The van der Waals surface area contributed by atoms with Crippen LogP contribution in [0.2, 0.25) is 0 Å². The van der Waals surface area contributed by atoms with Gasteiger partial charge in [0.05, 0.1) is 0 Å². The molecule has 17 heavy (non-hydrogen) atoms. The van der Waals surface area contributed by atoms with E-state index in [1.165, 1.54) is 16.7 Å². The fourth-order valence-corrected chi connectivity index (χ4v) is 2.95. The number of likely N-dealkylation sites (N-methyl/N-ethyl adjacent to an activating group) is 1. The molecule has 2 nitrogen and oxygen atoms in total. The molecule has 0 aliphatic carbocycles. The van der Waals surface area contributed by atoms with Gasteiger partial charge in [-0.05, 0) is 44.9 Å². The smallest absolute Gasteiger partial charge is 0.0475 e. The Balaban J connectivity index is 2.40. The first-order valence-corrected chi connectivity index (χ1v) is 6.48. The molecule has 0 radical (unpaired) electrons. The van der Waals surface area contributed by atoms with Crippen molar-refractivity contribution in [3.8, 4) is 0 Å². The molecule has 94 valence electrons. The van der Waals surface area contributed by atoms with Gasteiger partial charge >= 0.3 is 0 Å². The topological polar surface area (TPSA) is 21.3 Å². The molecular formula is C15H23NO. The van der Waals surface area contributed by atoms with Gasteiger partial charge in [-0.3, -0.25) is 0 Å². The quantitative estimate of drug-likeness (QED) is 0.866. The molecule has 1 aromatic rings. The van der Waals surface area contributed by atoms with E-state index < -0.39 is 0 Å². The van der Waals surface area contributed by atoms with Crippen molar-refractivity contribution in [3.05, 3.63) is 34.9 Å². The summed E-state index contributed by atoms with van der Waals surface area (Å²) in [6, 6.07) is 6.81. The molecule has 2 heteroatoms. The molecule has 0 aromatic heterocycles. The van der Waals surface area contributed by atoms with E-state index >= 15 is 0 Å². The van der Waals surface area contributed by atoms with Crippen LogP contribution < -0.4 is 5.32 Å². The van der Waals surface area contributed by atoms with E-state index in [4.69, 9.17) is 4.74 Å². The van der Waals surface area contributed by atoms with Crippen molar-refractivity contribution in [2.45, 2.75) is 32.1 Å². The minimum atomic E-state index is 0.267. The van der Waals surface area contributed by atoms with Crippen molar-refractivity contribution >= 4 is 0 Å². The summed E-state index contributed by atoms with van der Waals surface area (Å²) in [6.07, 6.45) is 2.25. The summed E-state index contributed by atoms with van der Waals surface area (Å²) < 4.78 is 5.53. The molecular weight excluding hydrogens is 210 g/mol. The highest BCUT2D eigenvalue weighted by Crippen LogP contribution is 2.36. The summed E-state index contributed by atoms with van der Waals surface area (Å²) in [5.41, 5.74) is 4.54. The van der Waals surface area contributed by atoms with Crippen molar-refractivity contribution in [2.24, 2.45) is 0 Å². The first-order chi connectivity index (χ1) is 8.18. The normalized spacial score (nSPS) is 19.2. The molecule has 0 saturated carbocycles. The molecule has 1 N–H and O–H groups in total. The van der Waals surface area contributed by atoms with E-state index in [1.54, 1.807) is 0 Å². The van der Waals surface area contributed by atoms with Gasteiger partial charge < -0.3 is 10.1 Å². The summed E-state index contributed by atoms with van der Waals surface area (Å²) in [5.74, 6) is 0. The molecule has 0 unspecified atom stereocenters. The second-order valence-corrected chi connectivity index (χ2v) is 5.24. The average molecular weight is 233 g/mol. The van der Waals surface area contributed by atoms with E-state index in [0.717, 1.165) is 32.6 Å². The summed E-state index contributed by atoms with van der Waals surface area (Å²) in [7, 11) is 2.04. The Hall–Kier alpha value is -0.860. The van der Waals surface area contributed by atoms with Crippen LogP contribution in [0.4, 0.5) is 0 Å². The van der Waals surface area contributed by atoms with Crippen molar-refractivity contribution in [1.82, 2.24) is 5.32 Å². The van der Waals surface area contributed by atoms with Crippen molar-refractivity contribution in [3.63, 3.8) is 0 Å². The van der Waals surface area contributed by atoms with E-state index in [1.807, 2.05) is 7.05 Å². The van der Waals surface area contributed by atoms with Crippen LogP contribution >= 0.6 is 0 Å². The number of hydrogen-bond acceptors (Lipinski definition) is 2. The zero-order valence-corrected chi connectivity index (χ0v) is 11.2. The van der Waals surface area contributed by atoms with Crippen LogP contribution in [-0.4, -0.2) is 26.8 Å². The van der Waals surface area contributed by atoms with E-state index in [9.17, 15) is 0 Å². The zero-order valence-electron chi connectivity index (χ0n) is 11.2. The third-order valence-electron chi connectivity index (χ3n) is 3.93. The Kier molecular flexibility index (Phi) is 3.85. The molecule has 1 aromatic carbocycles. The third-order valence-corrected chi connectivity index (χ3v) is 3.93. The number of nitrogens with one attached hydrogen (secondary N) is 1. The lowest BCUT2D eigenvalue weighted by atomic mass is 9.72. The molecule has 0 amide bonds.